The first-order valence-electron chi connectivity index (χ1n) is 6.33. The summed E-state index contributed by atoms with van der Waals surface area (Å²) in [6.07, 6.45) is 3.68. The van der Waals surface area contributed by atoms with Crippen molar-refractivity contribution in [1.29, 1.82) is 0 Å². The van der Waals surface area contributed by atoms with E-state index in [9.17, 15) is 9.59 Å². The van der Waals surface area contributed by atoms with Gasteiger partial charge < -0.3 is 4.74 Å². The number of ether oxygens (including phenoxy) is 1. The standard InChI is InChI=1S/C14H20O3/c1-3-5-6-9-14(10-7-8-12(14)15)13(16)17-11-4-2/h3-4,7-11H2,1-2H3. The minimum Gasteiger partial charge on any atom is -0.465 e. The predicted molar refractivity (Wildman–Crippen MR) is 65.2 cm³/mol. The first kappa shape index (κ1) is 13.8. The van der Waals surface area contributed by atoms with Gasteiger partial charge in [0.25, 0.3) is 0 Å². The zero-order valence-corrected chi connectivity index (χ0v) is 10.7. The van der Waals surface area contributed by atoms with E-state index in [2.05, 4.69) is 11.8 Å². The average molecular weight is 236 g/mol. The van der Waals surface area contributed by atoms with E-state index in [1.165, 1.54) is 0 Å². The molecule has 0 N–H and O–H groups in total. The number of carbonyl (C=O) groups excluding carboxylic acids is 2. The predicted octanol–water partition coefficient (Wildman–Crippen LogP) is 2.48. The van der Waals surface area contributed by atoms with Gasteiger partial charge in [0, 0.05) is 19.3 Å². The van der Waals surface area contributed by atoms with Gasteiger partial charge in [-0.3, -0.25) is 9.59 Å². The molecule has 0 aromatic carbocycles. The van der Waals surface area contributed by atoms with Crippen LogP contribution in [0.4, 0.5) is 0 Å². The van der Waals surface area contributed by atoms with Gasteiger partial charge >= 0.3 is 5.97 Å². The maximum absolute atomic E-state index is 12.0. The molecule has 0 heterocycles. The van der Waals surface area contributed by atoms with Crippen LogP contribution in [0.1, 0.15) is 52.4 Å². The van der Waals surface area contributed by atoms with E-state index in [0.29, 0.717) is 25.9 Å². The molecule has 0 aromatic heterocycles. The molecule has 0 amide bonds. The quantitative estimate of drug-likeness (QED) is 0.428. The summed E-state index contributed by atoms with van der Waals surface area (Å²) >= 11 is 0. The van der Waals surface area contributed by atoms with E-state index in [4.69, 9.17) is 4.74 Å². The number of rotatable bonds is 4. The van der Waals surface area contributed by atoms with E-state index in [1.807, 2.05) is 13.8 Å². The van der Waals surface area contributed by atoms with E-state index in [0.717, 1.165) is 19.3 Å². The van der Waals surface area contributed by atoms with Gasteiger partial charge in [0.1, 0.15) is 5.41 Å². The smallest absolute Gasteiger partial charge is 0.320 e. The first-order chi connectivity index (χ1) is 8.17. The Morgan fingerprint density at radius 2 is 2.18 bits per heavy atom. The first-order valence-corrected chi connectivity index (χ1v) is 6.33. The molecule has 0 aliphatic heterocycles. The van der Waals surface area contributed by atoms with Crippen LogP contribution in [0.3, 0.4) is 0 Å². The molecular weight excluding hydrogens is 216 g/mol. The second-order valence-corrected chi connectivity index (χ2v) is 4.38. The molecule has 1 aliphatic carbocycles. The molecule has 17 heavy (non-hydrogen) atoms. The van der Waals surface area contributed by atoms with Crippen LogP contribution in [0.5, 0.6) is 0 Å². The Hall–Kier alpha value is -1.30. The van der Waals surface area contributed by atoms with Crippen LogP contribution in [-0.2, 0) is 14.3 Å². The fourth-order valence-electron chi connectivity index (χ4n) is 2.08. The van der Waals surface area contributed by atoms with Gasteiger partial charge in [-0.25, -0.2) is 0 Å². The highest BCUT2D eigenvalue weighted by Crippen LogP contribution is 2.39. The number of hydrogen-bond acceptors (Lipinski definition) is 3. The molecule has 94 valence electrons. The Labute approximate surface area is 103 Å². The van der Waals surface area contributed by atoms with Crippen molar-refractivity contribution in [3.05, 3.63) is 0 Å². The molecule has 0 spiro atoms. The fourth-order valence-corrected chi connectivity index (χ4v) is 2.08. The van der Waals surface area contributed by atoms with Crippen molar-refractivity contribution < 1.29 is 14.3 Å². The maximum Gasteiger partial charge on any atom is 0.320 e. The lowest BCUT2D eigenvalue weighted by atomic mass is 9.82. The van der Waals surface area contributed by atoms with Crippen molar-refractivity contribution in [2.75, 3.05) is 6.61 Å². The summed E-state index contributed by atoms with van der Waals surface area (Å²) in [6.45, 7) is 4.27. The van der Waals surface area contributed by atoms with E-state index >= 15 is 0 Å². The highest BCUT2D eigenvalue weighted by Gasteiger charge is 2.49. The van der Waals surface area contributed by atoms with Gasteiger partial charge in [0.15, 0.2) is 5.78 Å². The Morgan fingerprint density at radius 1 is 1.41 bits per heavy atom. The van der Waals surface area contributed by atoms with Crippen molar-refractivity contribution in [3.8, 4) is 11.8 Å². The summed E-state index contributed by atoms with van der Waals surface area (Å²) < 4.78 is 5.15. The second kappa shape index (κ2) is 6.44. The van der Waals surface area contributed by atoms with E-state index in [-0.39, 0.29) is 11.8 Å². The monoisotopic (exact) mass is 236 g/mol. The van der Waals surface area contributed by atoms with Crippen molar-refractivity contribution in [1.82, 2.24) is 0 Å². The minimum absolute atomic E-state index is 0.00371. The zero-order valence-electron chi connectivity index (χ0n) is 10.7. The van der Waals surface area contributed by atoms with Crippen molar-refractivity contribution in [2.45, 2.75) is 52.4 Å². The topological polar surface area (TPSA) is 43.4 Å². The lowest BCUT2D eigenvalue weighted by Crippen LogP contribution is -2.36. The SMILES string of the molecule is CCC#CCC1(C(=O)OCCC)CCCC1=O. The van der Waals surface area contributed by atoms with Crippen LogP contribution in [0.2, 0.25) is 0 Å². The lowest BCUT2D eigenvalue weighted by molar-refractivity contribution is -0.158. The van der Waals surface area contributed by atoms with Gasteiger partial charge in [-0.15, -0.1) is 11.8 Å². The number of Topliss-reactive ketones (excluding diaryl/α,β-unsaturated/α-hetero) is 1. The summed E-state index contributed by atoms with van der Waals surface area (Å²) in [5, 5.41) is 0. The summed E-state index contributed by atoms with van der Waals surface area (Å²) in [5.74, 6) is 5.49. The maximum atomic E-state index is 12.0. The molecule has 0 aromatic rings. The van der Waals surface area contributed by atoms with Crippen LogP contribution < -0.4 is 0 Å². The number of hydrogen-bond donors (Lipinski definition) is 0. The third-order valence-corrected chi connectivity index (χ3v) is 3.06. The number of esters is 1. The molecule has 1 saturated carbocycles. The highest BCUT2D eigenvalue weighted by molar-refractivity contribution is 6.05. The molecule has 1 rings (SSSR count). The Balaban J connectivity index is 2.79. The number of ketones is 1. The molecule has 0 bridgehead atoms. The Bertz CT molecular complexity index is 348. The molecule has 3 nitrogen and oxygen atoms in total. The molecule has 1 unspecified atom stereocenters. The van der Waals surface area contributed by atoms with Crippen LogP contribution in [0.15, 0.2) is 0 Å². The zero-order chi connectivity index (χ0) is 12.7. The highest BCUT2D eigenvalue weighted by atomic mass is 16.5. The lowest BCUT2D eigenvalue weighted by Gasteiger charge is -2.22. The molecule has 1 aliphatic rings. The van der Waals surface area contributed by atoms with Crippen molar-refractivity contribution in [2.24, 2.45) is 5.41 Å². The van der Waals surface area contributed by atoms with Gasteiger partial charge in [0.05, 0.1) is 6.61 Å². The molecule has 3 heteroatoms. The molecule has 0 radical (unpaired) electrons. The van der Waals surface area contributed by atoms with Crippen molar-refractivity contribution >= 4 is 11.8 Å². The van der Waals surface area contributed by atoms with Gasteiger partial charge in [0.2, 0.25) is 0 Å². The summed E-state index contributed by atoms with van der Waals surface area (Å²) in [4.78, 5) is 23.9. The largest absolute Gasteiger partial charge is 0.465 e. The van der Waals surface area contributed by atoms with E-state index < -0.39 is 5.41 Å². The van der Waals surface area contributed by atoms with Crippen LogP contribution >= 0.6 is 0 Å². The molecule has 1 fully saturated rings. The third-order valence-electron chi connectivity index (χ3n) is 3.06. The Kier molecular flexibility index (Phi) is 5.21. The minimum atomic E-state index is -0.961. The van der Waals surface area contributed by atoms with E-state index in [1.54, 1.807) is 0 Å². The summed E-state index contributed by atoms with van der Waals surface area (Å²) in [5.41, 5.74) is -0.961. The average Bonchev–Trinajstić information content (AvgIpc) is 2.69. The second-order valence-electron chi connectivity index (χ2n) is 4.38. The van der Waals surface area contributed by atoms with Gasteiger partial charge in [-0.1, -0.05) is 13.8 Å². The van der Waals surface area contributed by atoms with Crippen molar-refractivity contribution in [3.63, 3.8) is 0 Å². The molecule has 0 saturated heterocycles. The Morgan fingerprint density at radius 3 is 2.71 bits per heavy atom. The van der Waals surface area contributed by atoms with Crippen LogP contribution in [0.25, 0.3) is 0 Å². The van der Waals surface area contributed by atoms with Gasteiger partial charge in [-0.05, 0) is 19.3 Å². The summed E-state index contributed by atoms with van der Waals surface area (Å²) in [7, 11) is 0. The molecule has 1 atom stereocenters. The fraction of sp³-hybridized carbons (Fsp3) is 0.714. The van der Waals surface area contributed by atoms with Gasteiger partial charge in [-0.2, -0.15) is 0 Å². The third kappa shape index (κ3) is 3.09. The normalized spacial score (nSPS) is 23.1. The van der Waals surface area contributed by atoms with Crippen LogP contribution in [-0.4, -0.2) is 18.4 Å². The molecular formula is C14H20O3. The van der Waals surface area contributed by atoms with Crippen LogP contribution in [0, 0.1) is 17.3 Å². The number of carbonyl (C=O) groups is 2. The summed E-state index contributed by atoms with van der Waals surface area (Å²) in [6, 6.07) is 0.